The lowest BCUT2D eigenvalue weighted by molar-refractivity contribution is 0.369. The molecular formula is C19H28O2. The lowest BCUT2D eigenvalue weighted by atomic mass is 9.78. The van der Waals surface area contributed by atoms with E-state index in [1.54, 1.807) is 7.11 Å². The van der Waals surface area contributed by atoms with E-state index >= 15 is 0 Å². The Morgan fingerprint density at radius 3 is 2.90 bits per heavy atom. The van der Waals surface area contributed by atoms with Gasteiger partial charge in [-0.1, -0.05) is 26.0 Å². The monoisotopic (exact) mass is 288 g/mol. The van der Waals surface area contributed by atoms with Crippen molar-refractivity contribution in [3.63, 3.8) is 0 Å². The van der Waals surface area contributed by atoms with Crippen LogP contribution in [0.1, 0.15) is 63.0 Å². The third-order valence-corrected chi connectivity index (χ3v) is 4.98. The summed E-state index contributed by atoms with van der Waals surface area (Å²) in [7, 11) is 1.62. The Kier molecular flexibility index (Phi) is 5.33. The molecule has 1 aromatic carbocycles. The highest BCUT2D eigenvalue weighted by molar-refractivity contribution is 5.48. The number of ether oxygens (including phenoxy) is 1. The van der Waals surface area contributed by atoms with Gasteiger partial charge in [0.1, 0.15) is 0 Å². The first-order valence-electron chi connectivity index (χ1n) is 8.14. The Morgan fingerprint density at radius 2 is 2.24 bits per heavy atom. The fraction of sp³-hybridized carbons (Fsp3) is 0.579. The maximum atomic E-state index is 9.94. The van der Waals surface area contributed by atoms with Crippen molar-refractivity contribution in [1.82, 2.24) is 0 Å². The zero-order chi connectivity index (χ0) is 15.4. The van der Waals surface area contributed by atoms with Gasteiger partial charge in [0, 0.05) is 0 Å². The van der Waals surface area contributed by atoms with Gasteiger partial charge < -0.3 is 9.84 Å². The van der Waals surface area contributed by atoms with Crippen molar-refractivity contribution in [2.45, 2.75) is 58.3 Å². The Balaban J connectivity index is 2.12. The van der Waals surface area contributed by atoms with Crippen LogP contribution in [-0.2, 0) is 6.42 Å². The molecule has 0 bridgehead atoms. The number of phenols is 1. The summed E-state index contributed by atoms with van der Waals surface area (Å²) < 4.78 is 5.28. The number of methoxy groups -OCH3 is 1. The minimum Gasteiger partial charge on any atom is -0.504 e. The van der Waals surface area contributed by atoms with Gasteiger partial charge in [-0.2, -0.15) is 0 Å². The molecule has 116 valence electrons. The molecule has 0 heterocycles. The second kappa shape index (κ2) is 7.02. The predicted molar refractivity (Wildman–Crippen MR) is 88.2 cm³/mol. The lowest BCUT2D eigenvalue weighted by Gasteiger charge is -2.27. The molecule has 2 unspecified atom stereocenters. The third-order valence-electron chi connectivity index (χ3n) is 4.98. The van der Waals surface area contributed by atoms with E-state index in [-0.39, 0.29) is 5.75 Å². The van der Waals surface area contributed by atoms with Crippen LogP contribution < -0.4 is 4.74 Å². The SMILES string of the molecule is C=C(CC)C(C)CCC1CCCc2cc(O)c(OC)cc21. The van der Waals surface area contributed by atoms with E-state index in [4.69, 9.17) is 4.74 Å². The Bertz CT molecular complexity index is 505. The van der Waals surface area contributed by atoms with E-state index in [9.17, 15) is 5.11 Å². The van der Waals surface area contributed by atoms with Gasteiger partial charge in [-0.15, -0.1) is 0 Å². The molecule has 2 heteroatoms. The summed E-state index contributed by atoms with van der Waals surface area (Å²) in [5, 5.41) is 9.94. The molecule has 1 aromatic rings. The van der Waals surface area contributed by atoms with E-state index in [0.29, 0.717) is 17.6 Å². The van der Waals surface area contributed by atoms with Crippen molar-refractivity contribution in [2.75, 3.05) is 7.11 Å². The molecule has 0 saturated carbocycles. The van der Waals surface area contributed by atoms with Crippen LogP contribution in [0.5, 0.6) is 11.5 Å². The van der Waals surface area contributed by atoms with E-state index in [2.05, 4.69) is 20.4 Å². The first-order chi connectivity index (χ1) is 10.1. The van der Waals surface area contributed by atoms with Crippen LogP contribution in [0.3, 0.4) is 0 Å². The number of allylic oxidation sites excluding steroid dienone is 1. The van der Waals surface area contributed by atoms with Gasteiger partial charge >= 0.3 is 0 Å². The smallest absolute Gasteiger partial charge is 0.160 e. The normalized spacial score (nSPS) is 18.9. The van der Waals surface area contributed by atoms with E-state index in [1.807, 2.05) is 12.1 Å². The number of fused-ring (bicyclic) bond motifs is 1. The topological polar surface area (TPSA) is 29.5 Å². The summed E-state index contributed by atoms with van der Waals surface area (Å²) in [6.07, 6.45) is 6.99. The fourth-order valence-electron chi connectivity index (χ4n) is 3.39. The zero-order valence-corrected chi connectivity index (χ0v) is 13.6. The molecular weight excluding hydrogens is 260 g/mol. The van der Waals surface area contributed by atoms with E-state index in [1.165, 1.54) is 42.4 Å². The third kappa shape index (κ3) is 3.61. The average molecular weight is 288 g/mol. The molecule has 21 heavy (non-hydrogen) atoms. The number of hydrogen-bond acceptors (Lipinski definition) is 2. The molecule has 2 rings (SSSR count). The van der Waals surface area contributed by atoms with Gasteiger partial charge in [0.15, 0.2) is 11.5 Å². The quantitative estimate of drug-likeness (QED) is 0.729. The van der Waals surface area contributed by atoms with Gasteiger partial charge in [-0.3, -0.25) is 0 Å². The average Bonchev–Trinajstić information content (AvgIpc) is 2.50. The van der Waals surface area contributed by atoms with Gasteiger partial charge in [-0.05, 0) is 73.6 Å². The first kappa shape index (κ1) is 15.9. The number of aromatic hydroxyl groups is 1. The van der Waals surface area contributed by atoms with Crippen molar-refractivity contribution in [1.29, 1.82) is 0 Å². The molecule has 0 spiro atoms. The molecule has 2 atom stereocenters. The fourth-order valence-corrected chi connectivity index (χ4v) is 3.39. The van der Waals surface area contributed by atoms with Gasteiger partial charge in [0.2, 0.25) is 0 Å². The Morgan fingerprint density at radius 1 is 1.48 bits per heavy atom. The molecule has 0 saturated heterocycles. The van der Waals surface area contributed by atoms with Crippen LogP contribution in [0.2, 0.25) is 0 Å². The van der Waals surface area contributed by atoms with Gasteiger partial charge in [0.05, 0.1) is 7.11 Å². The predicted octanol–water partition coefficient (Wildman–Crippen LogP) is 5.20. The summed E-state index contributed by atoms with van der Waals surface area (Å²) in [6.45, 7) is 8.63. The van der Waals surface area contributed by atoms with Crippen molar-refractivity contribution in [3.8, 4) is 11.5 Å². The number of benzene rings is 1. The minimum atomic E-state index is 0.268. The number of phenolic OH excluding ortho intramolecular Hbond substituents is 1. The highest BCUT2D eigenvalue weighted by Crippen LogP contribution is 2.41. The molecule has 1 N–H and O–H groups in total. The van der Waals surface area contributed by atoms with Crippen LogP contribution in [0.25, 0.3) is 0 Å². The molecule has 0 fully saturated rings. The van der Waals surface area contributed by atoms with Crippen LogP contribution in [0, 0.1) is 5.92 Å². The molecule has 0 radical (unpaired) electrons. The van der Waals surface area contributed by atoms with Crippen molar-refractivity contribution in [2.24, 2.45) is 5.92 Å². The largest absolute Gasteiger partial charge is 0.504 e. The molecule has 1 aliphatic rings. The number of hydrogen-bond donors (Lipinski definition) is 1. The second-order valence-electron chi connectivity index (χ2n) is 6.30. The standard InChI is InChI=1S/C19H28O2/c1-5-13(2)14(3)9-10-15-7-6-8-16-11-18(20)19(21-4)12-17(15)16/h11-12,14-15,20H,2,5-10H2,1,3-4H3. The Hall–Kier alpha value is -1.44. The lowest BCUT2D eigenvalue weighted by Crippen LogP contribution is -2.12. The highest BCUT2D eigenvalue weighted by atomic mass is 16.5. The van der Waals surface area contributed by atoms with Crippen molar-refractivity contribution >= 4 is 0 Å². The van der Waals surface area contributed by atoms with E-state index in [0.717, 1.165) is 12.8 Å². The number of aryl methyl sites for hydroxylation is 1. The van der Waals surface area contributed by atoms with Crippen LogP contribution >= 0.6 is 0 Å². The van der Waals surface area contributed by atoms with Crippen LogP contribution in [-0.4, -0.2) is 12.2 Å². The van der Waals surface area contributed by atoms with E-state index < -0.39 is 0 Å². The van der Waals surface area contributed by atoms with Crippen molar-refractivity contribution < 1.29 is 9.84 Å². The summed E-state index contributed by atoms with van der Waals surface area (Å²) in [4.78, 5) is 0. The summed E-state index contributed by atoms with van der Waals surface area (Å²) in [6, 6.07) is 3.95. The Labute approximate surface area is 128 Å². The molecule has 2 nitrogen and oxygen atoms in total. The maximum Gasteiger partial charge on any atom is 0.160 e. The van der Waals surface area contributed by atoms with Crippen LogP contribution in [0.15, 0.2) is 24.3 Å². The minimum absolute atomic E-state index is 0.268. The number of rotatable bonds is 6. The summed E-state index contributed by atoms with van der Waals surface area (Å²) in [5.41, 5.74) is 4.03. The molecule has 1 aliphatic carbocycles. The van der Waals surface area contributed by atoms with Gasteiger partial charge in [-0.25, -0.2) is 0 Å². The zero-order valence-electron chi connectivity index (χ0n) is 13.6. The molecule has 0 amide bonds. The molecule has 0 aromatic heterocycles. The maximum absolute atomic E-state index is 9.94. The van der Waals surface area contributed by atoms with Crippen molar-refractivity contribution in [3.05, 3.63) is 35.4 Å². The van der Waals surface area contributed by atoms with Crippen LogP contribution in [0.4, 0.5) is 0 Å². The summed E-state index contributed by atoms with van der Waals surface area (Å²) in [5.74, 6) is 2.06. The summed E-state index contributed by atoms with van der Waals surface area (Å²) >= 11 is 0. The highest BCUT2D eigenvalue weighted by Gasteiger charge is 2.23. The first-order valence-corrected chi connectivity index (χ1v) is 8.14. The second-order valence-corrected chi connectivity index (χ2v) is 6.30. The molecule has 0 aliphatic heterocycles. The van der Waals surface area contributed by atoms with Gasteiger partial charge in [0.25, 0.3) is 0 Å².